The molecule has 4 rings (SSSR count). The first-order valence-corrected chi connectivity index (χ1v) is 12.0. The zero-order valence-corrected chi connectivity index (χ0v) is 18.5. The van der Waals surface area contributed by atoms with E-state index in [1.807, 2.05) is 13.0 Å². The van der Waals surface area contributed by atoms with Crippen LogP contribution < -0.4 is 5.32 Å². The van der Waals surface area contributed by atoms with Crippen LogP contribution in [-0.2, 0) is 10.0 Å². The zero-order chi connectivity index (χ0) is 21.4. The van der Waals surface area contributed by atoms with Gasteiger partial charge < -0.3 is 5.32 Å². The highest BCUT2D eigenvalue weighted by Gasteiger charge is 2.42. The Bertz CT molecular complexity index is 1010. The highest BCUT2D eigenvalue weighted by Crippen LogP contribution is 2.46. The monoisotopic (exact) mass is 451 g/mol. The first-order chi connectivity index (χ1) is 14.3. The van der Waals surface area contributed by atoms with Gasteiger partial charge in [-0.3, -0.25) is 4.79 Å². The lowest BCUT2D eigenvalue weighted by molar-refractivity contribution is 0.0871. The number of aromatic nitrogens is 3. The average molecular weight is 452 g/mol. The molecular weight excluding hydrogens is 426 g/mol. The summed E-state index contributed by atoms with van der Waals surface area (Å²) in [6.45, 7) is 3.26. The molecule has 10 heteroatoms. The van der Waals surface area contributed by atoms with Crippen LogP contribution in [0.25, 0.3) is 0 Å². The van der Waals surface area contributed by atoms with E-state index in [1.54, 1.807) is 12.1 Å². The van der Waals surface area contributed by atoms with Crippen LogP contribution in [0.5, 0.6) is 0 Å². The average Bonchev–Trinajstić information content (AvgIpc) is 3.33. The van der Waals surface area contributed by atoms with Gasteiger partial charge in [0.25, 0.3) is 15.9 Å². The van der Waals surface area contributed by atoms with Crippen molar-refractivity contribution in [1.29, 1.82) is 0 Å². The molecule has 1 aliphatic heterocycles. The first-order valence-electron chi connectivity index (χ1n) is 10.2. The number of H-pyrrole nitrogens is 1. The van der Waals surface area contributed by atoms with Gasteiger partial charge in [0.05, 0.1) is 16.8 Å². The molecule has 1 amide bonds. The summed E-state index contributed by atoms with van der Waals surface area (Å²) in [5.74, 6) is 0.483. The van der Waals surface area contributed by atoms with Gasteiger partial charge in [-0.05, 0) is 55.2 Å². The molecule has 1 aliphatic carbocycles. The molecule has 0 unspecified atom stereocenters. The van der Waals surface area contributed by atoms with E-state index < -0.39 is 10.0 Å². The lowest BCUT2D eigenvalue weighted by Crippen LogP contribution is -2.48. The normalized spacial score (nSPS) is 19.5. The molecule has 2 aromatic rings. The minimum atomic E-state index is -3.64. The summed E-state index contributed by atoms with van der Waals surface area (Å²) >= 11 is 6.25. The van der Waals surface area contributed by atoms with E-state index in [2.05, 4.69) is 20.7 Å². The highest BCUT2D eigenvalue weighted by atomic mass is 35.5. The number of sulfonamides is 1. The van der Waals surface area contributed by atoms with Crippen molar-refractivity contribution in [2.24, 2.45) is 11.3 Å². The van der Waals surface area contributed by atoms with Gasteiger partial charge in [-0.2, -0.15) is 14.6 Å². The van der Waals surface area contributed by atoms with E-state index >= 15 is 0 Å². The summed E-state index contributed by atoms with van der Waals surface area (Å²) in [5.41, 5.74) is 1.36. The van der Waals surface area contributed by atoms with E-state index in [9.17, 15) is 13.2 Å². The number of halogens is 1. The number of benzene rings is 1. The van der Waals surface area contributed by atoms with Gasteiger partial charge in [-0.1, -0.05) is 30.5 Å². The largest absolute Gasteiger partial charge is 0.351 e. The van der Waals surface area contributed by atoms with Crippen LogP contribution in [0.2, 0.25) is 5.02 Å². The van der Waals surface area contributed by atoms with Crippen LogP contribution in [0.4, 0.5) is 0 Å². The third kappa shape index (κ3) is 4.53. The van der Waals surface area contributed by atoms with Crippen molar-refractivity contribution in [2.45, 2.75) is 44.1 Å². The molecule has 30 heavy (non-hydrogen) atoms. The molecule has 0 atom stereocenters. The minimum absolute atomic E-state index is 0.0560. The molecule has 2 N–H and O–H groups in total. The SMILES string of the molecule is Cc1ccc(C(=O)NCC2(CC3CC3)CCN(S(=O)(=O)c3cn[nH]n3)CC2)c(Cl)c1. The van der Waals surface area contributed by atoms with Crippen molar-refractivity contribution >= 4 is 27.5 Å². The Balaban J connectivity index is 1.43. The molecule has 1 aromatic heterocycles. The van der Waals surface area contributed by atoms with Gasteiger partial charge in [0, 0.05) is 19.6 Å². The van der Waals surface area contributed by atoms with E-state index in [-0.39, 0.29) is 16.3 Å². The van der Waals surface area contributed by atoms with Gasteiger partial charge in [0.15, 0.2) is 0 Å². The lowest BCUT2D eigenvalue weighted by atomic mass is 9.74. The van der Waals surface area contributed by atoms with Gasteiger partial charge in [0.2, 0.25) is 5.03 Å². The fraction of sp³-hybridized carbons (Fsp3) is 0.550. The third-order valence-corrected chi connectivity index (χ3v) is 8.27. The number of amides is 1. The van der Waals surface area contributed by atoms with Gasteiger partial charge in [-0.25, -0.2) is 8.42 Å². The molecular formula is C20H26ClN5O3S. The maximum atomic E-state index is 12.7. The Labute approximate surface area is 181 Å². The summed E-state index contributed by atoms with van der Waals surface area (Å²) in [4.78, 5) is 12.7. The maximum absolute atomic E-state index is 12.7. The van der Waals surface area contributed by atoms with Crippen molar-refractivity contribution in [2.75, 3.05) is 19.6 Å². The van der Waals surface area contributed by atoms with E-state index in [0.717, 1.165) is 12.0 Å². The quantitative estimate of drug-likeness (QED) is 0.672. The Morgan fingerprint density at radius 3 is 2.67 bits per heavy atom. The van der Waals surface area contributed by atoms with Gasteiger partial charge in [0.1, 0.15) is 0 Å². The second-order valence-corrected chi connectivity index (χ2v) is 10.8. The van der Waals surface area contributed by atoms with Crippen molar-refractivity contribution in [1.82, 2.24) is 25.0 Å². The molecule has 1 saturated heterocycles. The van der Waals surface area contributed by atoms with Crippen LogP contribution >= 0.6 is 11.6 Å². The second kappa shape index (κ2) is 8.28. The van der Waals surface area contributed by atoms with E-state index in [4.69, 9.17) is 11.6 Å². The summed E-state index contributed by atoms with van der Waals surface area (Å²) in [6.07, 6.45) is 6.05. The van der Waals surface area contributed by atoms with Crippen molar-refractivity contribution in [3.63, 3.8) is 0 Å². The number of carbonyl (C=O) groups excluding carboxylic acids is 1. The van der Waals surface area contributed by atoms with Crippen LogP contribution in [-0.4, -0.2) is 53.7 Å². The first kappa shape index (κ1) is 21.3. The van der Waals surface area contributed by atoms with Crippen molar-refractivity contribution in [3.8, 4) is 0 Å². The van der Waals surface area contributed by atoms with E-state index in [0.29, 0.717) is 49.0 Å². The third-order valence-electron chi connectivity index (χ3n) is 6.19. The summed E-state index contributed by atoms with van der Waals surface area (Å²) in [6, 6.07) is 5.39. The summed E-state index contributed by atoms with van der Waals surface area (Å²) in [7, 11) is -3.64. The predicted octanol–water partition coefficient (Wildman–Crippen LogP) is 2.77. The molecule has 8 nitrogen and oxygen atoms in total. The highest BCUT2D eigenvalue weighted by molar-refractivity contribution is 7.89. The second-order valence-electron chi connectivity index (χ2n) is 8.53. The fourth-order valence-electron chi connectivity index (χ4n) is 4.20. The fourth-order valence-corrected chi connectivity index (χ4v) is 5.79. The number of nitrogens with zero attached hydrogens (tertiary/aromatic N) is 3. The lowest BCUT2D eigenvalue weighted by Gasteiger charge is -2.41. The molecule has 2 aliphatic rings. The molecule has 0 radical (unpaired) electrons. The zero-order valence-electron chi connectivity index (χ0n) is 16.9. The Kier molecular flexibility index (Phi) is 5.87. The molecule has 0 bridgehead atoms. The standard InChI is InChI=1S/C20H26ClN5O3S/c1-14-2-5-16(17(21)10-14)19(27)22-13-20(11-15-3-4-15)6-8-26(9-7-20)30(28,29)18-12-23-25-24-18/h2,5,10,12,15H,3-4,6-9,11,13H2,1H3,(H,22,27)(H,23,24,25). The Hall–Kier alpha value is -1.97. The van der Waals surface area contributed by atoms with Gasteiger partial charge in [-0.15, -0.1) is 5.10 Å². The molecule has 2 heterocycles. The summed E-state index contributed by atoms with van der Waals surface area (Å²) < 4.78 is 26.9. The number of carbonyl (C=O) groups is 1. The number of rotatable bonds is 7. The molecule has 1 aromatic carbocycles. The van der Waals surface area contributed by atoms with Crippen LogP contribution in [0, 0.1) is 18.3 Å². The number of aryl methyl sites for hydroxylation is 1. The number of hydrogen-bond acceptors (Lipinski definition) is 5. The number of aromatic amines is 1. The van der Waals surface area contributed by atoms with Crippen molar-refractivity contribution in [3.05, 3.63) is 40.5 Å². The summed E-state index contributed by atoms with van der Waals surface area (Å²) in [5, 5.41) is 13.1. The molecule has 0 spiro atoms. The molecule has 1 saturated carbocycles. The minimum Gasteiger partial charge on any atom is -0.351 e. The Morgan fingerprint density at radius 2 is 2.07 bits per heavy atom. The van der Waals surface area contributed by atoms with Crippen LogP contribution in [0.3, 0.4) is 0 Å². The predicted molar refractivity (Wildman–Crippen MR) is 113 cm³/mol. The molecule has 2 fully saturated rings. The smallest absolute Gasteiger partial charge is 0.264 e. The number of nitrogens with one attached hydrogen (secondary N) is 2. The maximum Gasteiger partial charge on any atom is 0.264 e. The van der Waals surface area contributed by atoms with Crippen LogP contribution in [0.15, 0.2) is 29.4 Å². The van der Waals surface area contributed by atoms with Crippen molar-refractivity contribution < 1.29 is 13.2 Å². The molecule has 162 valence electrons. The number of piperidine rings is 1. The number of hydrogen-bond donors (Lipinski definition) is 2. The van der Waals surface area contributed by atoms with Gasteiger partial charge >= 0.3 is 0 Å². The van der Waals surface area contributed by atoms with E-state index in [1.165, 1.54) is 23.3 Å². The van der Waals surface area contributed by atoms with Crippen LogP contribution in [0.1, 0.15) is 48.0 Å². The Morgan fingerprint density at radius 1 is 1.33 bits per heavy atom. The topological polar surface area (TPSA) is 108 Å².